The zero-order chi connectivity index (χ0) is 14.9. The highest BCUT2D eigenvalue weighted by atomic mass is 16.1. The van der Waals surface area contributed by atoms with Crippen LogP contribution in [0.15, 0.2) is 43.7 Å². The lowest BCUT2D eigenvalue weighted by Crippen LogP contribution is -1.99. The summed E-state index contributed by atoms with van der Waals surface area (Å²) in [6.45, 7) is 7.91. The summed E-state index contributed by atoms with van der Waals surface area (Å²) in [5.74, 6) is 0. The third-order valence-electron chi connectivity index (χ3n) is 3.85. The fourth-order valence-electron chi connectivity index (χ4n) is 2.76. The quantitative estimate of drug-likeness (QED) is 0.737. The summed E-state index contributed by atoms with van der Waals surface area (Å²) >= 11 is 0. The lowest BCUT2D eigenvalue weighted by atomic mass is 10.00. The molecule has 0 aromatic rings. The Morgan fingerprint density at radius 3 is 1.35 bits per heavy atom. The van der Waals surface area contributed by atoms with Gasteiger partial charge in [0.05, 0.1) is 11.4 Å². The van der Waals surface area contributed by atoms with Gasteiger partial charge in [-0.05, 0) is 49.0 Å². The van der Waals surface area contributed by atoms with Gasteiger partial charge < -0.3 is 0 Å². The molecule has 2 rings (SSSR count). The van der Waals surface area contributed by atoms with Crippen molar-refractivity contribution >= 4 is 24.0 Å². The third-order valence-corrected chi connectivity index (χ3v) is 3.85. The molecule has 4 nitrogen and oxygen atoms in total. The average molecular weight is 270 g/mol. The van der Waals surface area contributed by atoms with E-state index in [0.717, 1.165) is 59.1 Å². The Morgan fingerprint density at radius 1 is 0.800 bits per heavy atom. The Kier molecular flexibility index (Phi) is 3.93. The van der Waals surface area contributed by atoms with Crippen molar-refractivity contribution in [1.29, 1.82) is 0 Å². The molecule has 0 fully saturated rings. The van der Waals surface area contributed by atoms with Gasteiger partial charge in [0.2, 0.25) is 0 Å². The van der Waals surface area contributed by atoms with E-state index in [1.807, 2.05) is 27.7 Å². The summed E-state index contributed by atoms with van der Waals surface area (Å²) in [6, 6.07) is 0. The van der Waals surface area contributed by atoms with Crippen LogP contribution >= 0.6 is 0 Å². The smallest absolute Gasteiger partial charge is 0.168 e. The zero-order valence-electron chi connectivity index (χ0n) is 12.3. The molecular weight excluding hydrogens is 252 g/mol. The Labute approximate surface area is 118 Å². The van der Waals surface area contributed by atoms with Gasteiger partial charge in [-0.15, -0.1) is 0 Å². The van der Waals surface area contributed by atoms with Crippen LogP contribution in [0.1, 0.15) is 40.5 Å². The van der Waals surface area contributed by atoms with E-state index in [4.69, 9.17) is 0 Å². The lowest BCUT2D eigenvalue weighted by molar-refractivity contribution is -0.103. The summed E-state index contributed by atoms with van der Waals surface area (Å²) < 4.78 is 0. The van der Waals surface area contributed by atoms with Crippen LogP contribution < -0.4 is 0 Å². The number of nitrogens with zero attached hydrogens (tertiary/aromatic N) is 2. The minimum Gasteiger partial charge on any atom is -0.296 e. The third kappa shape index (κ3) is 2.01. The maximum absolute atomic E-state index is 11.1. The second-order valence-corrected chi connectivity index (χ2v) is 4.84. The number of rotatable bonds is 4. The predicted molar refractivity (Wildman–Crippen MR) is 80.0 cm³/mol. The van der Waals surface area contributed by atoms with Gasteiger partial charge in [-0.25, -0.2) is 9.98 Å². The van der Waals surface area contributed by atoms with E-state index in [1.54, 1.807) is 0 Å². The highest BCUT2D eigenvalue weighted by Crippen LogP contribution is 2.36. The Bertz CT molecular complexity index is 587. The Hall–Kier alpha value is -2.10. The second-order valence-electron chi connectivity index (χ2n) is 4.84. The van der Waals surface area contributed by atoms with Crippen LogP contribution in [0.4, 0.5) is 0 Å². The maximum atomic E-state index is 11.1. The first-order chi connectivity index (χ1) is 9.58. The molecule has 0 spiro atoms. The number of aldehydes is 2. The van der Waals surface area contributed by atoms with Crippen molar-refractivity contribution in [3.63, 3.8) is 0 Å². The first kappa shape index (κ1) is 14.3. The normalized spacial score (nSPS) is 22.4. The second kappa shape index (κ2) is 5.49. The van der Waals surface area contributed by atoms with Crippen LogP contribution in [0.5, 0.6) is 0 Å². The topological polar surface area (TPSA) is 58.9 Å². The summed E-state index contributed by atoms with van der Waals surface area (Å²) in [7, 11) is 0. The first-order valence-electron chi connectivity index (χ1n) is 6.81. The van der Waals surface area contributed by atoms with Crippen molar-refractivity contribution in [2.45, 2.75) is 40.5 Å². The van der Waals surface area contributed by atoms with Crippen LogP contribution in [0.2, 0.25) is 0 Å². The molecule has 0 saturated carbocycles. The van der Waals surface area contributed by atoms with Crippen molar-refractivity contribution in [2.75, 3.05) is 0 Å². The molecule has 2 aliphatic heterocycles. The first-order valence-corrected chi connectivity index (χ1v) is 6.81. The van der Waals surface area contributed by atoms with Crippen LogP contribution in [-0.4, -0.2) is 24.0 Å². The van der Waals surface area contributed by atoms with Crippen LogP contribution in [-0.2, 0) is 9.59 Å². The SMILES string of the molecule is CCC1=C(C)C(=C2N=C(C=O)C(CC)=C2C)N=C1C=O. The van der Waals surface area contributed by atoms with Crippen molar-refractivity contribution < 1.29 is 9.59 Å². The van der Waals surface area contributed by atoms with Gasteiger partial charge in [-0.3, -0.25) is 9.59 Å². The van der Waals surface area contributed by atoms with Crippen molar-refractivity contribution in [3.8, 4) is 0 Å². The van der Waals surface area contributed by atoms with Crippen LogP contribution in [0.25, 0.3) is 0 Å². The lowest BCUT2D eigenvalue weighted by Gasteiger charge is -2.04. The minimum atomic E-state index is 0.480. The van der Waals surface area contributed by atoms with Gasteiger partial charge in [-0.1, -0.05) is 13.8 Å². The van der Waals surface area contributed by atoms with Gasteiger partial charge >= 0.3 is 0 Å². The number of carbonyl (C=O) groups excluding carboxylic acids is 2. The molecule has 4 heteroatoms. The average Bonchev–Trinajstić information content (AvgIpc) is 2.95. The van der Waals surface area contributed by atoms with Crippen LogP contribution in [0, 0.1) is 0 Å². The van der Waals surface area contributed by atoms with E-state index < -0.39 is 0 Å². The molecule has 2 aliphatic rings. The Balaban J connectivity index is 2.68. The molecule has 0 aliphatic carbocycles. The summed E-state index contributed by atoms with van der Waals surface area (Å²) in [4.78, 5) is 31.0. The fourth-order valence-corrected chi connectivity index (χ4v) is 2.76. The number of hydrogen-bond donors (Lipinski definition) is 0. The van der Waals surface area contributed by atoms with Gasteiger partial charge in [0.25, 0.3) is 0 Å². The summed E-state index contributed by atoms with van der Waals surface area (Å²) in [5, 5.41) is 0. The van der Waals surface area contributed by atoms with E-state index in [2.05, 4.69) is 9.98 Å². The fraction of sp³-hybridized carbons (Fsp3) is 0.375. The highest BCUT2D eigenvalue weighted by Gasteiger charge is 2.27. The molecule has 20 heavy (non-hydrogen) atoms. The molecule has 0 radical (unpaired) electrons. The molecule has 0 aromatic heterocycles. The van der Waals surface area contributed by atoms with Gasteiger partial charge in [0, 0.05) is 0 Å². The Morgan fingerprint density at radius 2 is 1.15 bits per heavy atom. The molecule has 0 saturated heterocycles. The van der Waals surface area contributed by atoms with E-state index in [1.165, 1.54) is 0 Å². The van der Waals surface area contributed by atoms with E-state index in [0.29, 0.717) is 11.4 Å². The van der Waals surface area contributed by atoms with Gasteiger partial charge in [0.15, 0.2) is 12.6 Å². The number of allylic oxidation sites excluding steroid dienone is 4. The van der Waals surface area contributed by atoms with Crippen molar-refractivity contribution in [2.24, 2.45) is 9.98 Å². The predicted octanol–water partition coefficient (Wildman–Crippen LogP) is 2.96. The largest absolute Gasteiger partial charge is 0.296 e. The minimum absolute atomic E-state index is 0.480. The highest BCUT2D eigenvalue weighted by molar-refractivity contribution is 6.39. The van der Waals surface area contributed by atoms with E-state index in [9.17, 15) is 9.59 Å². The standard InChI is InChI=1S/C16H18N2O2/c1-5-11-9(3)15(17-13(11)7-19)16-10(4)12(6-2)14(8-20)18-16/h7-8H,5-6H2,1-4H3. The molecule has 104 valence electrons. The maximum Gasteiger partial charge on any atom is 0.168 e. The summed E-state index contributed by atoms with van der Waals surface area (Å²) in [6.07, 6.45) is 3.09. The van der Waals surface area contributed by atoms with E-state index in [-0.39, 0.29) is 0 Å². The molecule has 0 atom stereocenters. The number of aliphatic imine (C=N–C) groups is 2. The molecule has 2 heterocycles. The molecular formula is C16H18N2O2. The van der Waals surface area contributed by atoms with Gasteiger partial charge in [-0.2, -0.15) is 0 Å². The molecule has 0 bridgehead atoms. The molecule has 0 N–H and O–H groups in total. The van der Waals surface area contributed by atoms with E-state index >= 15 is 0 Å². The van der Waals surface area contributed by atoms with Gasteiger partial charge in [0.1, 0.15) is 11.4 Å². The van der Waals surface area contributed by atoms with Crippen LogP contribution in [0.3, 0.4) is 0 Å². The molecule has 0 unspecified atom stereocenters. The number of hydrogen-bond acceptors (Lipinski definition) is 4. The molecule has 0 aromatic carbocycles. The van der Waals surface area contributed by atoms with Crippen molar-refractivity contribution in [1.82, 2.24) is 0 Å². The molecule has 0 amide bonds. The van der Waals surface area contributed by atoms with Crippen molar-refractivity contribution in [3.05, 3.63) is 33.7 Å². The monoisotopic (exact) mass is 270 g/mol. The zero-order valence-corrected chi connectivity index (χ0v) is 12.3. The number of carbonyl (C=O) groups is 2. The summed E-state index contributed by atoms with van der Waals surface area (Å²) in [5.41, 5.74) is 6.30.